The first kappa shape index (κ1) is 10.7. The van der Waals surface area contributed by atoms with E-state index in [1.807, 2.05) is 0 Å². The van der Waals surface area contributed by atoms with Gasteiger partial charge in [-0.1, -0.05) is 31.9 Å². The molecule has 0 heterocycles. The van der Waals surface area contributed by atoms with Crippen molar-refractivity contribution >= 4 is 31.9 Å². The highest BCUT2D eigenvalue weighted by Gasteiger charge is 2.26. The zero-order chi connectivity index (χ0) is 9.14. The summed E-state index contributed by atoms with van der Waals surface area (Å²) < 4.78 is 1.06. The van der Waals surface area contributed by atoms with Crippen LogP contribution in [0.4, 0.5) is 0 Å². The fraction of sp³-hybridized carbons (Fsp3) is 0.750. The normalized spacial score (nSPS) is 31.0. The van der Waals surface area contributed by atoms with Gasteiger partial charge in [0.25, 0.3) is 0 Å². The lowest BCUT2D eigenvalue weighted by Gasteiger charge is -2.26. The molecule has 70 valence electrons. The molecule has 0 bridgehead atoms. The van der Waals surface area contributed by atoms with Crippen molar-refractivity contribution in [2.75, 3.05) is 5.33 Å². The van der Waals surface area contributed by atoms with Crippen LogP contribution in [0.2, 0.25) is 0 Å². The lowest BCUT2D eigenvalue weighted by atomic mass is 9.92. The summed E-state index contributed by atoms with van der Waals surface area (Å²) in [5.74, 6) is 0. The molecule has 0 saturated carbocycles. The number of halogens is 2. The monoisotopic (exact) mass is 298 g/mol. The van der Waals surface area contributed by atoms with Crippen LogP contribution in [0.1, 0.15) is 19.3 Å². The van der Waals surface area contributed by atoms with Crippen molar-refractivity contribution in [3.05, 3.63) is 10.1 Å². The molecule has 0 aromatic heterocycles. The summed E-state index contributed by atoms with van der Waals surface area (Å²) in [5, 5.41) is 19.8. The molecule has 0 spiro atoms. The minimum atomic E-state index is -0.675. The van der Waals surface area contributed by atoms with E-state index in [4.69, 9.17) is 0 Å². The number of alkyl halides is 1. The van der Waals surface area contributed by atoms with Gasteiger partial charge in [0, 0.05) is 5.33 Å². The van der Waals surface area contributed by atoms with E-state index in [2.05, 4.69) is 31.9 Å². The van der Waals surface area contributed by atoms with Gasteiger partial charge in [-0.05, 0) is 29.3 Å². The summed E-state index contributed by atoms with van der Waals surface area (Å²) in [6.45, 7) is 0. The Bertz CT molecular complexity index is 191. The van der Waals surface area contributed by atoms with Crippen LogP contribution in [0.15, 0.2) is 10.1 Å². The van der Waals surface area contributed by atoms with Gasteiger partial charge < -0.3 is 10.2 Å². The molecule has 0 radical (unpaired) electrons. The Morgan fingerprint density at radius 3 is 2.67 bits per heavy atom. The van der Waals surface area contributed by atoms with Gasteiger partial charge in [0.05, 0.1) is 6.10 Å². The molecule has 2 N–H and O–H groups in total. The summed E-state index contributed by atoms with van der Waals surface area (Å²) >= 11 is 6.72. The van der Waals surface area contributed by atoms with Gasteiger partial charge in [0.15, 0.2) is 0 Å². The van der Waals surface area contributed by atoms with E-state index in [0.29, 0.717) is 6.42 Å². The van der Waals surface area contributed by atoms with Crippen LogP contribution in [0.3, 0.4) is 0 Å². The van der Waals surface area contributed by atoms with Crippen molar-refractivity contribution in [1.29, 1.82) is 0 Å². The van der Waals surface area contributed by atoms with Crippen LogP contribution in [-0.4, -0.2) is 27.8 Å². The van der Waals surface area contributed by atoms with Crippen molar-refractivity contribution in [3.8, 4) is 0 Å². The minimum absolute atomic E-state index is 0.583. The second kappa shape index (κ2) is 4.74. The van der Waals surface area contributed by atoms with Crippen molar-refractivity contribution < 1.29 is 10.2 Å². The van der Waals surface area contributed by atoms with E-state index in [9.17, 15) is 10.2 Å². The van der Waals surface area contributed by atoms with E-state index >= 15 is 0 Å². The lowest BCUT2D eigenvalue weighted by Crippen LogP contribution is -2.31. The number of rotatable bonds is 2. The minimum Gasteiger partial charge on any atom is -0.390 e. The van der Waals surface area contributed by atoms with Crippen molar-refractivity contribution in [2.24, 2.45) is 0 Å². The average molecular weight is 300 g/mol. The molecule has 1 aliphatic carbocycles. The highest BCUT2D eigenvalue weighted by Crippen LogP contribution is 2.31. The van der Waals surface area contributed by atoms with Crippen LogP contribution in [0, 0.1) is 0 Å². The third kappa shape index (κ3) is 2.31. The molecule has 1 aliphatic rings. The van der Waals surface area contributed by atoms with E-state index < -0.39 is 12.2 Å². The number of hydrogen-bond acceptors (Lipinski definition) is 2. The van der Waals surface area contributed by atoms with Gasteiger partial charge in [0.2, 0.25) is 0 Å². The first-order valence-electron chi connectivity index (χ1n) is 3.96. The molecule has 2 unspecified atom stereocenters. The first-order valence-corrected chi connectivity index (χ1v) is 5.87. The maximum Gasteiger partial charge on any atom is 0.102 e. The molecule has 0 amide bonds. The molecule has 1 rings (SSSR count). The lowest BCUT2D eigenvalue weighted by molar-refractivity contribution is 0.0294. The maximum atomic E-state index is 9.58. The summed E-state index contributed by atoms with van der Waals surface area (Å²) in [4.78, 5) is 0. The third-order valence-corrected chi connectivity index (χ3v) is 3.40. The molecule has 2 nitrogen and oxygen atoms in total. The van der Waals surface area contributed by atoms with Crippen LogP contribution in [0.25, 0.3) is 0 Å². The molecule has 0 fully saturated rings. The average Bonchev–Trinajstić information content (AvgIpc) is 2.06. The van der Waals surface area contributed by atoms with Gasteiger partial charge in [0.1, 0.15) is 6.10 Å². The largest absolute Gasteiger partial charge is 0.390 e. The van der Waals surface area contributed by atoms with Crippen LogP contribution < -0.4 is 0 Å². The Labute approximate surface area is 88.9 Å². The Hall–Kier alpha value is 0.620. The highest BCUT2D eigenvalue weighted by atomic mass is 79.9. The molecule has 2 atom stereocenters. The first-order chi connectivity index (χ1) is 5.66. The second-order valence-electron chi connectivity index (χ2n) is 2.92. The third-order valence-electron chi connectivity index (χ3n) is 2.09. The molecule has 0 saturated heterocycles. The van der Waals surface area contributed by atoms with Crippen LogP contribution in [0.5, 0.6) is 0 Å². The predicted octanol–water partition coefficient (Wildman–Crippen LogP) is 1.94. The Balaban J connectivity index is 2.74. The Morgan fingerprint density at radius 2 is 2.08 bits per heavy atom. The fourth-order valence-corrected chi connectivity index (χ4v) is 2.46. The molecule has 0 aromatic carbocycles. The topological polar surface area (TPSA) is 40.5 Å². The summed E-state index contributed by atoms with van der Waals surface area (Å²) in [7, 11) is 0. The summed E-state index contributed by atoms with van der Waals surface area (Å²) in [5.41, 5.74) is 0.936. The van der Waals surface area contributed by atoms with Crippen LogP contribution >= 0.6 is 31.9 Å². The molecular weight excluding hydrogens is 288 g/mol. The molecule has 4 heteroatoms. The fourth-order valence-electron chi connectivity index (χ4n) is 1.37. The summed E-state index contributed by atoms with van der Waals surface area (Å²) in [6.07, 6.45) is 1.01. The van der Waals surface area contributed by atoms with Crippen molar-refractivity contribution in [2.45, 2.75) is 31.5 Å². The smallest absolute Gasteiger partial charge is 0.102 e. The van der Waals surface area contributed by atoms with E-state index in [-0.39, 0.29) is 0 Å². The van der Waals surface area contributed by atoms with Crippen molar-refractivity contribution in [3.63, 3.8) is 0 Å². The van der Waals surface area contributed by atoms with E-state index in [1.165, 1.54) is 0 Å². The van der Waals surface area contributed by atoms with Gasteiger partial charge in [-0.3, -0.25) is 0 Å². The summed E-state index contributed by atoms with van der Waals surface area (Å²) in [6, 6.07) is 0. The highest BCUT2D eigenvalue weighted by molar-refractivity contribution is 9.11. The Morgan fingerprint density at radius 1 is 1.42 bits per heavy atom. The predicted molar refractivity (Wildman–Crippen MR) is 55.6 cm³/mol. The second-order valence-corrected chi connectivity index (χ2v) is 4.67. The number of allylic oxidation sites excluding steroid dienone is 1. The molecular formula is C8H12Br2O2. The standard InChI is InChI=1S/C8H12Br2O2/c9-4-3-5-6(10)1-2-7(11)8(5)12/h7-8,11-12H,1-4H2. The number of aliphatic hydroxyl groups is 2. The molecule has 0 aliphatic heterocycles. The Kier molecular flexibility index (Phi) is 4.23. The molecule has 0 aromatic rings. The number of aliphatic hydroxyl groups excluding tert-OH is 2. The van der Waals surface area contributed by atoms with Crippen molar-refractivity contribution in [1.82, 2.24) is 0 Å². The van der Waals surface area contributed by atoms with Gasteiger partial charge >= 0.3 is 0 Å². The SMILES string of the molecule is OC1CCC(Br)=C(CCBr)C1O. The van der Waals surface area contributed by atoms with Gasteiger partial charge in [-0.25, -0.2) is 0 Å². The van der Waals surface area contributed by atoms with E-state index in [1.54, 1.807) is 0 Å². The number of hydrogen-bond donors (Lipinski definition) is 2. The zero-order valence-electron chi connectivity index (χ0n) is 6.63. The maximum absolute atomic E-state index is 9.58. The quantitative estimate of drug-likeness (QED) is 0.765. The van der Waals surface area contributed by atoms with Gasteiger partial charge in [-0.15, -0.1) is 0 Å². The van der Waals surface area contributed by atoms with Crippen LogP contribution in [-0.2, 0) is 0 Å². The zero-order valence-corrected chi connectivity index (χ0v) is 9.81. The molecule has 12 heavy (non-hydrogen) atoms. The van der Waals surface area contributed by atoms with Gasteiger partial charge in [-0.2, -0.15) is 0 Å². The van der Waals surface area contributed by atoms with E-state index in [0.717, 1.165) is 28.2 Å².